The third-order valence-electron chi connectivity index (χ3n) is 2.69. The summed E-state index contributed by atoms with van der Waals surface area (Å²) in [5, 5.41) is 3.47. The molecule has 0 aliphatic rings. The second-order valence-corrected chi connectivity index (χ2v) is 5.06. The Labute approximate surface area is 105 Å². The lowest BCUT2D eigenvalue weighted by Gasteiger charge is -2.24. The lowest BCUT2D eigenvalue weighted by molar-refractivity contribution is 0.144. The van der Waals surface area contributed by atoms with Crippen molar-refractivity contribution in [2.75, 3.05) is 51.9 Å². The van der Waals surface area contributed by atoms with Crippen molar-refractivity contribution in [3.63, 3.8) is 0 Å². The fourth-order valence-corrected chi connectivity index (χ4v) is 1.84. The van der Waals surface area contributed by atoms with Crippen LogP contribution in [0.15, 0.2) is 0 Å². The molecule has 0 aliphatic heterocycles. The molecule has 0 spiro atoms. The van der Waals surface area contributed by atoms with Crippen molar-refractivity contribution >= 4 is 11.8 Å². The summed E-state index contributed by atoms with van der Waals surface area (Å²) in [6, 6.07) is 0.610. The topological polar surface area (TPSA) is 24.5 Å². The Hall–Kier alpha value is 0.230. The highest BCUT2D eigenvalue weighted by molar-refractivity contribution is 7.98. The van der Waals surface area contributed by atoms with Gasteiger partial charge in [0.25, 0.3) is 0 Å². The predicted molar refractivity (Wildman–Crippen MR) is 74.5 cm³/mol. The number of hydrogen-bond donors (Lipinski definition) is 1. The second kappa shape index (κ2) is 11.7. The van der Waals surface area contributed by atoms with Crippen molar-refractivity contribution in [3.05, 3.63) is 0 Å². The Balaban J connectivity index is 3.31. The maximum absolute atomic E-state index is 5.29. The molecule has 0 aromatic heterocycles. The van der Waals surface area contributed by atoms with Gasteiger partial charge >= 0.3 is 0 Å². The molecule has 0 bridgehead atoms. The van der Waals surface area contributed by atoms with Crippen LogP contribution < -0.4 is 5.32 Å². The summed E-state index contributed by atoms with van der Waals surface area (Å²) < 4.78 is 5.29. The van der Waals surface area contributed by atoms with Gasteiger partial charge < -0.3 is 15.0 Å². The average Bonchev–Trinajstić information content (AvgIpc) is 2.30. The number of thioether (sulfide) groups is 1. The van der Waals surface area contributed by atoms with E-state index in [1.165, 1.54) is 12.3 Å². The molecule has 1 unspecified atom stereocenters. The Morgan fingerprint density at radius 3 is 2.81 bits per heavy atom. The van der Waals surface area contributed by atoms with E-state index in [4.69, 9.17) is 4.74 Å². The van der Waals surface area contributed by atoms with E-state index in [0.29, 0.717) is 6.04 Å². The fraction of sp³-hybridized carbons (Fsp3) is 1.00. The minimum atomic E-state index is 0.610. The molecule has 0 rings (SSSR count). The number of nitrogens with zero attached hydrogens (tertiary/aromatic N) is 1. The molecule has 4 heteroatoms. The number of rotatable bonds is 11. The van der Waals surface area contributed by atoms with Gasteiger partial charge in [-0.15, -0.1) is 0 Å². The first kappa shape index (κ1) is 16.2. The molecule has 0 saturated carbocycles. The lowest BCUT2D eigenvalue weighted by atomic mass is 10.3. The quantitative estimate of drug-likeness (QED) is 0.562. The fourth-order valence-electron chi connectivity index (χ4n) is 1.37. The van der Waals surface area contributed by atoms with E-state index in [1.54, 1.807) is 0 Å². The third kappa shape index (κ3) is 9.46. The zero-order valence-electron chi connectivity index (χ0n) is 11.3. The summed E-state index contributed by atoms with van der Waals surface area (Å²) in [7, 11) is 2.20. The third-order valence-corrected chi connectivity index (χ3v) is 3.28. The molecule has 1 atom stereocenters. The van der Waals surface area contributed by atoms with Crippen LogP contribution in [0.1, 0.15) is 20.3 Å². The molecule has 0 aliphatic carbocycles. The van der Waals surface area contributed by atoms with Crippen molar-refractivity contribution in [1.29, 1.82) is 0 Å². The average molecular weight is 248 g/mol. The van der Waals surface area contributed by atoms with Crippen molar-refractivity contribution in [2.45, 2.75) is 26.3 Å². The summed E-state index contributed by atoms with van der Waals surface area (Å²) in [6.07, 6.45) is 3.26. The Morgan fingerprint density at radius 2 is 2.19 bits per heavy atom. The molecule has 0 radical (unpaired) electrons. The van der Waals surface area contributed by atoms with E-state index in [-0.39, 0.29) is 0 Å². The van der Waals surface area contributed by atoms with E-state index in [9.17, 15) is 0 Å². The maximum atomic E-state index is 5.29. The normalized spacial score (nSPS) is 13.3. The molecule has 1 N–H and O–H groups in total. The van der Waals surface area contributed by atoms with Crippen LogP contribution in [-0.2, 0) is 4.74 Å². The first-order valence-corrected chi connectivity index (χ1v) is 7.59. The summed E-state index contributed by atoms with van der Waals surface area (Å²) in [6.45, 7) is 9.31. The van der Waals surface area contributed by atoms with Crippen LogP contribution in [-0.4, -0.2) is 62.8 Å². The molecule has 0 aromatic carbocycles. The van der Waals surface area contributed by atoms with Crippen LogP contribution in [0.5, 0.6) is 0 Å². The van der Waals surface area contributed by atoms with Gasteiger partial charge in [-0.3, -0.25) is 0 Å². The van der Waals surface area contributed by atoms with E-state index in [1.807, 2.05) is 18.7 Å². The van der Waals surface area contributed by atoms with Gasteiger partial charge in [-0.1, -0.05) is 0 Å². The molecule has 0 saturated heterocycles. The van der Waals surface area contributed by atoms with E-state index >= 15 is 0 Å². The zero-order valence-corrected chi connectivity index (χ0v) is 12.1. The summed E-state index contributed by atoms with van der Waals surface area (Å²) in [5.41, 5.74) is 0. The monoisotopic (exact) mass is 248 g/mol. The molecule has 98 valence electrons. The summed E-state index contributed by atoms with van der Waals surface area (Å²) in [5.74, 6) is 1.21. The summed E-state index contributed by atoms with van der Waals surface area (Å²) >= 11 is 1.91. The van der Waals surface area contributed by atoms with Crippen molar-refractivity contribution in [3.8, 4) is 0 Å². The first-order valence-electron chi connectivity index (χ1n) is 6.20. The Morgan fingerprint density at radius 1 is 1.44 bits per heavy atom. The molecule has 3 nitrogen and oxygen atoms in total. The highest BCUT2D eigenvalue weighted by Crippen LogP contribution is 1.98. The van der Waals surface area contributed by atoms with Gasteiger partial charge in [0, 0.05) is 38.1 Å². The molecule has 16 heavy (non-hydrogen) atoms. The minimum absolute atomic E-state index is 0.610. The predicted octanol–water partition coefficient (Wildman–Crippen LogP) is 1.69. The highest BCUT2D eigenvalue weighted by atomic mass is 32.2. The van der Waals surface area contributed by atoms with Crippen molar-refractivity contribution in [1.82, 2.24) is 10.2 Å². The minimum Gasteiger partial charge on any atom is -0.382 e. The van der Waals surface area contributed by atoms with E-state index in [0.717, 1.165) is 32.7 Å². The van der Waals surface area contributed by atoms with Gasteiger partial charge in [-0.2, -0.15) is 11.8 Å². The summed E-state index contributed by atoms with van der Waals surface area (Å²) in [4.78, 5) is 2.41. The smallest absolute Gasteiger partial charge is 0.0477 e. The van der Waals surface area contributed by atoms with Crippen LogP contribution >= 0.6 is 11.8 Å². The van der Waals surface area contributed by atoms with Gasteiger partial charge in [0.05, 0.1) is 0 Å². The lowest BCUT2D eigenvalue weighted by Crippen LogP contribution is -2.39. The van der Waals surface area contributed by atoms with Gasteiger partial charge in [-0.25, -0.2) is 0 Å². The van der Waals surface area contributed by atoms with Crippen LogP contribution in [0.2, 0.25) is 0 Å². The van der Waals surface area contributed by atoms with Crippen molar-refractivity contribution in [2.24, 2.45) is 0 Å². The van der Waals surface area contributed by atoms with Gasteiger partial charge in [0.2, 0.25) is 0 Å². The zero-order chi connectivity index (χ0) is 12.2. The van der Waals surface area contributed by atoms with Crippen molar-refractivity contribution < 1.29 is 4.74 Å². The first-order chi connectivity index (χ1) is 7.72. The molecule has 0 aromatic rings. The van der Waals surface area contributed by atoms with Gasteiger partial charge in [-0.05, 0) is 40.1 Å². The van der Waals surface area contributed by atoms with Crippen LogP contribution in [0.4, 0.5) is 0 Å². The highest BCUT2D eigenvalue weighted by Gasteiger charge is 2.07. The van der Waals surface area contributed by atoms with Crippen LogP contribution in [0, 0.1) is 0 Å². The second-order valence-electron chi connectivity index (χ2n) is 4.08. The SMILES string of the molecule is CCOCCCNCC(C)N(C)CCSC. The standard InChI is InChI=1S/C12H28N2OS/c1-5-15-9-6-7-13-11-12(2)14(3)8-10-16-4/h12-13H,5-11H2,1-4H3. The van der Waals surface area contributed by atoms with Gasteiger partial charge in [0.1, 0.15) is 0 Å². The maximum Gasteiger partial charge on any atom is 0.0477 e. The molecular weight excluding hydrogens is 220 g/mol. The molecular formula is C12H28N2OS. The van der Waals surface area contributed by atoms with Crippen LogP contribution in [0.25, 0.3) is 0 Å². The molecule has 0 fully saturated rings. The Kier molecular flexibility index (Phi) is 11.9. The van der Waals surface area contributed by atoms with Crippen LogP contribution in [0.3, 0.4) is 0 Å². The number of ether oxygens (including phenoxy) is 1. The van der Waals surface area contributed by atoms with E-state index in [2.05, 4.69) is 30.4 Å². The number of nitrogens with one attached hydrogen (secondary N) is 1. The molecule has 0 heterocycles. The molecule has 0 amide bonds. The van der Waals surface area contributed by atoms with Gasteiger partial charge in [0.15, 0.2) is 0 Å². The van der Waals surface area contributed by atoms with E-state index < -0.39 is 0 Å². The largest absolute Gasteiger partial charge is 0.382 e. The Bertz CT molecular complexity index is 147. The number of likely N-dealkylation sites (N-methyl/N-ethyl adjacent to an activating group) is 1. The number of hydrogen-bond acceptors (Lipinski definition) is 4.